The van der Waals surface area contributed by atoms with E-state index in [1.54, 1.807) is 37.4 Å². The van der Waals surface area contributed by atoms with Crippen molar-refractivity contribution < 1.29 is 28.5 Å². The first-order valence-corrected chi connectivity index (χ1v) is 8.62. The molecule has 0 bridgehead atoms. The van der Waals surface area contributed by atoms with Crippen LogP contribution in [0.2, 0.25) is 0 Å². The number of hydrogen-bond acceptors (Lipinski definition) is 6. The van der Waals surface area contributed by atoms with Gasteiger partial charge in [0.05, 0.1) is 13.7 Å². The lowest BCUT2D eigenvalue weighted by Gasteiger charge is -2.12. The summed E-state index contributed by atoms with van der Waals surface area (Å²) in [5.41, 5.74) is 2.03. The van der Waals surface area contributed by atoms with Crippen LogP contribution in [-0.2, 0) is 14.3 Å². The highest BCUT2D eigenvalue weighted by Crippen LogP contribution is 2.27. The molecule has 28 heavy (non-hydrogen) atoms. The summed E-state index contributed by atoms with van der Waals surface area (Å²) in [7, 11) is 3.06. The molecule has 0 unspecified atom stereocenters. The second kappa shape index (κ2) is 10.8. The van der Waals surface area contributed by atoms with Gasteiger partial charge >= 0.3 is 6.09 Å². The summed E-state index contributed by atoms with van der Waals surface area (Å²) in [6, 6.07) is 12.1. The molecule has 0 spiro atoms. The van der Waals surface area contributed by atoms with Crippen LogP contribution in [0.5, 0.6) is 11.5 Å². The molecule has 2 N–H and O–H groups in total. The summed E-state index contributed by atoms with van der Waals surface area (Å²) in [6.45, 7) is 2.22. The number of carbonyl (C=O) groups is 2. The summed E-state index contributed by atoms with van der Waals surface area (Å²) in [5.74, 6) is 0.700. The fraction of sp³-hybridized carbons (Fsp3) is 0.300. The lowest BCUT2D eigenvalue weighted by molar-refractivity contribution is -0.118. The quantitative estimate of drug-likeness (QED) is 0.641. The van der Waals surface area contributed by atoms with Gasteiger partial charge < -0.3 is 24.3 Å². The fourth-order valence-corrected chi connectivity index (χ4v) is 2.28. The van der Waals surface area contributed by atoms with Gasteiger partial charge in [0.25, 0.3) is 5.91 Å². The van der Waals surface area contributed by atoms with Gasteiger partial charge in [-0.3, -0.25) is 10.1 Å². The zero-order valence-corrected chi connectivity index (χ0v) is 16.1. The molecule has 2 amide bonds. The van der Waals surface area contributed by atoms with E-state index in [-0.39, 0.29) is 19.1 Å². The molecule has 2 aromatic carbocycles. The first kappa shape index (κ1) is 21.0. The highest BCUT2D eigenvalue weighted by molar-refractivity contribution is 5.93. The van der Waals surface area contributed by atoms with E-state index in [0.29, 0.717) is 29.5 Å². The van der Waals surface area contributed by atoms with Crippen LogP contribution in [0.1, 0.15) is 5.56 Å². The first-order valence-electron chi connectivity index (χ1n) is 8.62. The lowest BCUT2D eigenvalue weighted by atomic mass is 10.2. The molecule has 150 valence electrons. The smallest absolute Gasteiger partial charge is 0.411 e. The van der Waals surface area contributed by atoms with Gasteiger partial charge in [-0.25, -0.2) is 4.79 Å². The Kier molecular flexibility index (Phi) is 8.11. The van der Waals surface area contributed by atoms with Crippen molar-refractivity contribution in [3.8, 4) is 11.5 Å². The van der Waals surface area contributed by atoms with Gasteiger partial charge in [-0.15, -0.1) is 0 Å². The Balaban J connectivity index is 1.87. The number of nitrogens with one attached hydrogen (secondary N) is 2. The largest absolute Gasteiger partial charge is 0.493 e. The summed E-state index contributed by atoms with van der Waals surface area (Å²) in [5, 5.41) is 5.29. The summed E-state index contributed by atoms with van der Waals surface area (Å²) >= 11 is 0. The molecule has 0 aliphatic heterocycles. The van der Waals surface area contributed by atoms with Crippen LogP contribution >= 0.6 is 0 Å². The van der Waals surface area contributed by atoms with Gasteiger partial charge in [-0.2, -0.15) is 0 Å². The van der Waals surface area contributed by atoms with Crippen molar-refractivity contribution in [3.05, 3.63) is 48.0 Å². The molecule has 8 heteroatoms. The topological polar surface area (TPSA) is 95.1 Å². The average Bonchev–Trinajstić information content (AvgIpc) is 2.67. The van der Waals surface area contributed by atoms with Crippen molar-refractivity contribution in [3.63, 3.8) is 0 Å². The third kappa shape index (κ3) is 6.81. The number of methoxy groups -OCH3 is 2. The minimum Gasteiger partial charge on any atom is -0.493 e. The first-order chi connectivity index (χ1) is 13.5. The molecular formula is C20H24N2O6. The lowest BCUT2D eigenvalue weighted by Crippen LogP contribution is -2.20. The third-order valence-electron chi connectivity index (χ3n) is 3.59. The maximum atomic E-state index is 12.2. The van der Waals surface area contributed by atoms with E-state index in [0.717, 1.165) is 5.56 Å². The van der Waals surface area contributed by atoms with Crippen LogP contribution < -0.4 is 20.1 Å². The summed E-state index contributed by atoms with van der Waals surface area (Å²) in [4.78, 5) is 23.8. The molecule has 2 aromatic rings. The molecule has 0 atom stereocenters. The zero-order chi connectivity index (χ0) is 20.4. The molecule has 2 rings (SSSR count). The van der Waals surface area contributed by atoms with Crippen molar-refractivity contribution in [2.75, 3.05) is 44.7 Å². The van der Waals surface area contributed by atoms with Crippen LogP contribution in [0.15, 0.2) is 42.5 Å². The van der Waals surface area contributed by atoms with Crippen LogP contribution in [0.3, 0.4) is 0 Å². The Labute approximate surface area is 163 Å². The number of amides is 2. The maximum Gasteiger partial charge on any atom is 0.411 e. The molecule has 0 heterocycles. The van der Waals surface area contributed by atoms with Crippen LogP contribution in [0.4, 0.5) is 16.2 Å². The molecule has 0 fully saturated rings. The molecule has 0 radical (unpaired) electrons. The van der Waals surface area contributed by atoms with E-state index in [4.69, 9.17) is 18.9 Å². The maximum absolute atomic E-state index is 12.2. The second-order valence-corrected chi connectivity index (χ2v) is 5.83. The number of anilines is 2. The Morgan fingerprint density at radius 3 is 2.39 bits per heavy atom. The predicted octanol–water partition coefficient (Wildman–Crippen LogP) is 3.22. The highest BCUT2D eigenvalue weighted by atomic mass is 16.6. The number of carbonyl (C=O) groups excluding carboxylic acids is 2. The normalized spacial score (nSPS) is 10.1. The van der Waals surface area contributed by atoms with Gasteiger partial charge in [0.15, 0.2) is 18.1 Å². The number of benzene rings is 2. The van der Waals surface area contributed by atoms with Crippen molar-refractivity contribution in [2.24, 2.45) is 0 Å². The van der Waals surface area contributed by atoms with Gasteiger partial charge in [-0.05, 0) is 42.8 Å². The van der Waals surface area contributed by atoms with E-state index >= 15 is 0 Å². The standard InChI is InChI=1S/C20H24N2O6/c1-14-7-8-17(18(11-14)26-3)28-13-19(23)21-15-5-4-6-16(12-15)22-20(24)27-10-9-25-2/h4-8,11-12H,9-10,13H2,1-3H3,(H,21,23)(H,22,24). The number of ether oxygens (including phenoxy) is 4. The Morgan fingerprint density at radius 1 is 0.929 bits per heavy atom. The van der Waals surface area contributed by atoms with E-state index in [2.05, 4.69) is 10.6 Å². The second-order valence-electron chi connectivity index (χ2n) is 5.83. The van der Waals surface area contributed by atoms with Crippen molar-refractivity contribution >= 4 is 23.4 Å². The monoisotopic (exact) mass is 388 g/mol. The number of hydrogen-bond donors (Lipinski definition) is 2. The molecule has 0 aliphatic carbocycles. The number of aryl methyl sites for hydroxylation is 1. The predicted molar refractivity (Wildman–Crippen MR) is 105 cm³/mol. The Bertz CT molecular complexity index is 809. The number of rotatable bonds is 9. The SMILES string of the molecule is COCCOC(=O)Nc1cccc(NC(=O)COc2ccc(C)cc2OC)c1. The highest BCUT2D eigenvalue weighted by Gasteiger charge is 2.09. The van der Waals surface area contributed by atoms with Crippen LogP contribution in [0, 0.1) is 6.92 Å². The van der Waals surface area contributed by atoms with Crippen molar-refractivity contribution in [2.45, 2.75) is 6.92 Å². The van der Waals surface area contributed by atoms with E-state index < -0.39 is 6.09 Å². The molecule has 0 aromatic heterocycles. The molecule has 0 saturated carbocycles. The third-order valence-corrected chi connectivity index (χ3v) is 3.59. The molecule has 0 saturated heterocycles. The fourth-order valence-electron chi connectivity index (χ4n) is 2.28. The average molecular weight is 388 g/mol. The molecular weight excluding hydrogens is 364 g/mol. The van der Waals surface area contributed by atoms with Crippen LogP contribution in [0.25, 0.3) is 0 Å². The van der Waals surface area contributed by atoms with E-state index in [1.165, 1.54) is 7.11 Å². The van der Waals surface area contributed by atoms with E-state index in [1.807, 2.05) is 19.1 Å². The van der Waals surface area contributed by atoms with Gasteiger partial charge in [0.1, 0.15) is 6.61 Å². The summed E-state index contributed by atoms with van der Waals surface area (Å²) in [6.07, 6.45) is -0.602. The van der Waals surface area contributed by atoms with Crippen LogP contribution in [-0.4, -0.2) is 46.0 Å². The van der Waals surface area contributed by atoms with E-state index in [9.17, 15) is 9.59 Å². The molecule has 0 aliphatic rings. The Morgan fingerprint density at radius 2 is 1.68 bits per heavy atom. The van der Waals surface area contributed by atoms with Crippen molar-refractivity contribution in [1.82, 2.24) is 0 Å². The summed E-state index contributed by atoms with van der Waals surface area (Å²) < 4.78 is 20.5. The van der Waals surface area contributed by atoms with Gasteiger partial charge in [0, 0.05) is 18.5 Å². The van der Waals surface area contributed by atoms with Gasteiger partial charge in [-0.1, -0.05) is 12.1 Å². The zero-order valence-electron chi connectivity index (χ0n) is 16.1. The minimum absolute atomic E-state index is 0.151. The molecule has 8 nitrogen and oxygen atoms in total. The van der Waals surface area contributed by atoms with Gasteiger partial charge in [0.2, 0.25) is 0 Å². The Hall–Kier alpha value is -3.26. The van der Waals surface area contributed by atoms with Crippen molar-refractivity contribution in [1.29, 1.82) is 0 Å². The minimum atomic E-state index is -0.602.